The third-order valence-corrected chi connectivity index (χ3v) is 3.62. The van der Waals surface area contributed by atoms with E-state index in [0.29, 0.717) is 0 Å². The molecule has 24 heavy (non-hydrogen) atoms. The van der Waals surface area contributed by atoms with E-state index in [1.54, 1.807) is 6.07 Å². The van der Waals surface area contributed by atoms with Crippen LogP contribution in [0.25, 0.3) is 0 Å². The highest BCUT2D eigenvalue weighted by atomic mass is 16.6. The van der Waals surface area contributed by atoms with Crippen molar-refractivity contribution in [1.29, 1.82) is 0 Å². The molecule has 0 aliphatic carbocycles. The molecule has 130 valence electrons. The van der Waals surface area contributed by atoms with Crippen molar-refractivity contribution < 1.29 is 29.3 Å². The molecular formula is C14H17N3O7. The van der Waals surface area contributed by atoms with Gasteiger partial charge in [-0.1, -0.05) is 0 Å². The number of nitrogens with zero attached hydrogens (tertiary/aromatic N) is 2. The predicted molar refractivity (Wildman–Crippen MR) is 78.6 cm³/mol. The van der Waals surface area contributed by atoms with Crippen molar-refractivity contribution in [2.75, 3.05) is 12.1 Å². The fraction of sp³-hybridized carbons (Fsp3) is 0.429. The first kappa shape index (κ1) is 16.6. The maximum atomic E-state index is 12.1. The first-order chi connectivity index (χ1) is 11.6. The highest BCUT2D eigenvalue weighted by Gasteiger charge is 2.43. The van der Waals surface area contributed by atoms with Crippen LogP contribution in [0.2, 0.25) is 0 Å². The average molecular weight is 339 g/mol. The molecule has 0 spiro atoms. The molecule has 4 atom stereocenters. The van der Waals surface area contributed by atoms with Crippen molar-refractivity contribution in [3.05, 3.63) is 46.9 Å². The zero-order chi connectivity index (χ0) is 17.1. The summed E-state index contributed by atoms with van der Waals surface area (Å²) in [5.41, 5.74) is 2.62. The number of furan rings is 1. The predicted octanol–water partition coefficient (Wildman–Crippen LogP) is -1.01. The van der Waals surface area contributed by atoms with E-state index < -0.39 is 36.8 Å². The van der Waals surface area contributed by atoms with Gasteiger partial charge in [0.15, 0.2) is 12.0 Å². The van der Waals surface area contributed by atoms with Crippen LogP contribution >= 0.6 is 0 Å². The Bertz CT molecular complexity index is 717. The lowest BCUT2D eigenvalue weighted by Gasteiger charge is -2.17. The maximum absolute atomic E-state index is 12.1. The molecule has 3 heterocycles. The monoisotopic (exact) mass is 339 g/mol. The highest BCUT2D eigenvalue weighted by molar-refractivity contribution is 5.28. The van der Waals surface area contributed by atoms with Gasteiger partial charge in [-0.2, -0.15) is 4.98 Å². The van der Waals surface area contributed by atoms with Crippen molar-refractivity contribution in [3.8, 4) is 0 Å². The van der Waals surface area contributed by atoms with E-state index in [4.69, 9.17) is 19.1 Å². The van der Waals surface area contributed by atoms with Crippen LogP contribution in [-0.2, 0) is 16.2 Å². The second kappa shape index (κ2) is 7.11. The van der Waals surface area contributed by atoms with Gasteiger partial charge in [0.25, 0.3) is 0 Å². The summed E-state index contributed by atoms with van der Waals surface area (Å²) >= 11 is 0. The van der Waals surface area contributed by atoms with Crippen molar-refractivity contribution in [2.45, 2.75) is 31.1 Å². The minimum atomic E-state index is -1.35. The molecule has 0 bridgehead atoms. The SMILES string of the molecule is O=c1nc(NOCc2ccoc2)ccn1[C@@H]1O[C@H](CO)[C@@H](O)[C@H]1O. The number of hydrogen-bond donors (Lipinski definition) is 4. The number of rotatable bonds is 6. The Morgan fingerprint density at radius 3 is 2.79 bits per heavy atom. The van der Waals surface area contributed by atoms with Gasteiger partial charge < -0.3 is 24.5 Å². The zero-order valence-electron chi connectivity index (χ0n) is 12.5. The van der Waals surface area contributed by atoms with Gasteiger partial charge in [-0.25, -0.2) is 10.3 Å². The molecule has 1 aliphatic heterocycles. The van der Waals surface area contributed by atoms with Crippen LogP contribution in [-0.4, -0.2) is 49.8 Å². The van der Waals surface area contributed by atoms with Gasteiger partial charge in [0, 0.05) is 11.8 Å². The van der Waals surface area contributed by atoms with Crippen molar-refractivity contribution in [3.63, 3.8) is 0 Å². The van der Waals surface area contributed by atoms with E-state index in [1.165, 1.54) is 24.8 Å². The normalized spacial score (nSPS) is 26.6. The van der Waals surface area contributed by atoms with Crippen LogP contribution in [0.5, 0.6) is 0 Å². The van der Waals surface area contributed by atoms with Crippen LogP contribution in [0, 0.1) is 0 Å². The minimum absolute atomic E-state index is 0.173. The van der Waals surface area contributed by atoms with Crippen molar-refractivity contribution >= 4 is 5.82 Å². The molecule has 0 saturated carbocycles. The summed E-state index contributed by atoms with van der Waals surface area (Å²) in [6.45, 7) is -0.255. The lowest BCUT2D eigenvalue weighted by atomic mass is 10.1. The number of aliphatic hydroxyl groups excluding tert-OH is 3. The Labute approximate surface area is 135 Å². The van der Waals surface area contributed by atoms with E-state index >= 15 is 0 Å². The molecule has 10 heteroatoms. The molecule has 2 aromatic heterocycles. The van der Waals surface area contributed by atoms with Gasteiger partial charge in [0.05, 0.1) is 19.1 Å². The maximum Gasteiger partial charge on any atom is 0.351 e. The lowest BCUT2D eigenvalue weighted by molar-refractivity contribution is -0.0549. The fourth-order valence-corrected chi connectivity index (χ4v) is 2.34. The van der Waals surface area contributed by atoms with Gasteiger partial charge in [0.2, 0.25) is 0 Å². The standard InChI is InChI=1S/C14H17N3O7/c18-5-9-11(19)12(20)13(24-9)17-3-1-10(15-14(17)21)16-23-7-8-2-4-22-6-8/h1-4,6,9,11-13,18-20H,5,7H2,(H,15,16,21)/t9-,11-,12-,13-/m1/s1. The summed E-state index contributed by atoms with van der Waals surface area (Å²) in [5.74, 6) is 0.173. The Hall–Kier alpha value is -2.24. The summed E-state index contributed by atoms with van der Waals surface area (Å²) < 4.78 is 11.2. The first-order valence-corrected chi connectivity index (χ1v) is 7.20. The average Bonchev–Trinajstić information content (AvgIpc) is 3.18. The van der Waals surface area contributed by atoms with E-state index in [1.807, 2.05) is 0 Å². The molecule has 4 N–H and O–H groups in total. The quantitative estimate of drug-likeness (QED) is 0.487. The second-order valence-corrected chi connectivity index (χ2v) is 5.25. The molecule has 0 unspecified atom stereocenters. The summed E-state index contributed by atoms with van der Waals surface area (Å²) in [6, 6.07) is 3.18. The van der Waals surface area contributed by atoms with Crippen LogP contribution in [0.15, 0.2) is 40.1 Å². The molecule has 1 fully saturated rings. The second-order valence-electron chi connectivity index (χ2n) is 5.25. The van der Waals surface area contributed by atoms with Gasteiger partial charge in [-0.05, 0) is 12.1 Å². The number of hydrogen-bond acceptors (Lipinski definition) is 9. The summed E-state index contributed by atoms with van der Waals surface area (Å²) in [7, 11) is 0. The molecule has 3 rings (SSSR count). The van der Waals surface area contributed by atoms with E-state index in [0.717, 1.165) is 10.1 Å². The highest BCUT2D eigenvalue weighted by Crippen LogP contribution is 2.28. The largest absolute Gasteiger partial charge is 0.472 e. The topological polar surface area (TPSA) is 139 Å². The van der Waals surface area contributed by atoms with Gasteiger partial charge in [0.1, 0.15) is 24.9 Å². The number of nitrogens with one attached hydrogen (secondary N) is 1. The van der Waals surface area contributed by atoms with E-state index in [9.17, 15) is 15.0 Å². The Kier molecular flexibility index (Phi) is 4.92. The Morgan fingerprint density at radius 2 is 2.17 bits per heavy atom. The smallest absolute Gasteiger partial charge is 0.351 e. The van der Waals surface area contributed by atoms with E-state index in [-0.39, 0.29) is 12.4 Å². The van der Waals surface area contributed by atoms with Crippen LogP contribution < -0.4 is 11.2 Å². The molecule has 1 saturated heterocycles. The van der Waals surface area contributed by atoms with Crippen molar-refractivity contribution in [2.24, 2.45) is 0 Å². The number of aliphatic hydroxyl groups is 3. The summed E-state index contributed by atoms with van der Waals surface area (Å²) in [4.78, 5) is 21.0. The minimum Gasteiger partial charge on any atom is -0.472 e. The number of ether oxygens (including phenoxy) is 1. The number of anilines is 1. The Morgan fingerprint density at radius 1 is 1.33 bits per heavy atom. The zero-order valence-corrected chi connectivity index (χ0v) is 12.5. The van der Waals surface area contributed by atoms with Crippen LogP contribution in [0.3, 0.4) is 0 Å². The van der Waals surface area contributed by atoms with E-state index in [2.05, 4.69) is 10.5 Å². The molecule has 0 amide bonds. The fourth-order valence-electron chi connectivity index (χ4n) is 2.34. The van der Waals surface area contributed by atoms with Crippen LogP contribution in [0.4, 0.5) is 5.82 Å². The van der Waals surface area contributed by atoms with Crippen LogP contribution in [0.1, 0.15) is 11.8 Å². The Balaban J connectivity index is 1.65. The van der Waals surface area contributed by atoms with Gasteiger partial charge in [-0.15, -0.1) is 0 Å². The molecule has 1 aliphatic rings. The molecule has 0 radical (unpaired) electrons. The van der Waals surface area contributed by atoms with Gasteiger partial charge in [-0.3, -0.25) is 9.40 Å². The third-order valence-electron chi connectivity index (χ3n) is 3.62. The molecule has 0 aromatic carbocycles. The first-order valence-electron chi connectivity index (χ1n) is 7.20. The molecule has 10 nitrogen and oxygen atoms in total. The summed E-state index contributed by atoms with van der Waals surface area (Å²) in [6.07, 6.45) is -0.348. The van der Waals surface area contributed by atoms with Gasteiger partial charge >= 0.3 is 5.69 Å². The van der Waals surface area contributed by atoms with Crippen molar-refractivity contribution in [1.82, 2.24) is 9.55 Å². The molecular weight excluding hydrogens is 322 g/mol. The summed E-state index contributed by atoms with van der Waals surface area (Å²) in [5, 5.41) is 28.7. The molecule has 2 aromatic rings. The number of aromatic nitrogens is 2. The lowest BCUT2D eigenvalue weighted by Crippen LogP contribution is -2.36. The third kappa shape index (κ3) is 3.32.